The lowest BCUT2D eigenvalue weighted by Gasteiger charge is -2.21. The molecule has 17 heavy (non-hydrogen) atoms. The topological polar surface area (TPSA) is 40.5 Å². The van der Waals surface area contributed by atoms with Crippen LogP contribution in [0.4, 0.5) is 14.5 Å². The van der Waals surface area contributed by atoms with Gasteiger partial charge in [0.15, 0.2) is 11.6 Å². The molecule has 0 spiro atoms. The second kappa shape index (κ2) is 5.85. The third kappa shape index (κ3) is 3.76. The van der Waals surface area contributed by atoms with E-state index in [9.17, 15) is 13.6 Å². The van der Waals surface area contributed by atoms with Gasteiger partial charge in [-0.2, -0.15) is 0 Å². The van der Waals surface area contributed by atoms with Gasteiger partial charge in [-0.15, -0.1) is 6.42 Å². The molecule has 0 aliphatic rings. The van der Waals surface area contributed by atoms with Gasteiger partial charge in [0.25, 0.3) is 0 Å². The highest BCUT2D eigenvalue weighted by molar-refractivity contribution is 5.67. The lowest BCUT2D eigenvalue weighted by molar-refractivity contribution is -0.136. The zero-order chi connectivity index (χ0) is 12.8. The summed E-state index contributed by atoms with van der Waals surface area (Å²) in [7, 11) is 0. The van der Waals surface area contributed by atoms with E-state index in [1.807, 2.05) is 0 Å². The summed E-state index contributed by atoms with van der Waals surface area (Å²) in [6.45, 7) is 0.281. The SMILES string of the molecule is C#CCN(CCC(=O)O)c1ccc(F)c(F)c1. The average molecular weight is 239 g/mol. The van der Waals surface area contributed by atoms with Gasteiger partial charge in [0.1, 0.15) is 0 Å². The zero-order valence-electron chi connectivity index (χ0n) is 8.99. The van der Waals surface area contributed by atoms with Crippen molar-refractivity contribution in [1.29, 1.82) is 0 Å². The first-order chi connectivity index (χ1) is 8.04. The number of rotatable bonds is 5. The van der Waals surface area contributed by atoms with E-state index in [0.29, 0.717) is 5.69 Å². The van der Waals surface area contributed by atoms with Gasteiger partial charge in [-0.1, -0.05) is 5.92 Å². The fourth-order valence-corrected chi connectivity index (χ4v) is 1.32. The van der Waals surface area contributed by atoms with Crippen molar-refractivity contribution < 1.29 is 18.7 Å². The third-order valence-electron chi connectivity index (χ3n) is 2.15. The Morgan fingerprint density at radius 2 is 2.12 bits per heavy atom. The predicted molar refractivity (Wildman–Crippen MR) is 59.7 cm³/mol. The maximum absolute atomic E-state index is 13.0. The molecule has 0 heterocycles. The minimum atomic E-state index is -0.986. The quantitative estimate of drug-likeness (QED) is 0.797. The minimum absolute atomic E-state index is 0.124. The highest BCUT2D eigenvalue weighted by Crippen LogP contribution is 2.17. The van der Waals surface area contributed by atoms with E-state index in [4.69, 9.17) is 11.5 Å². The van der Waals surface area contributed by atoms with Gasteiger partial charge in [0.2, 0.25) is 0 Å². The Morgan fingerprint density at radius 1 is 1.41 bits per heavy atom. The Labute approximate surface area is 97.7 Å². The molecule has 0 fully saturated rings. The van der Waals surface area contributed by atoms with Crippen LogP contribution in [0.15, 0.2) is 18.2 Å². The molecule has 5 heteroatoms. The summed E-state index contributed by atoms with van der Waals surface area (Å²) in [6.07, 6.45) is 5.01. The number of anilines is 1. The molecule has 0 unspecified atom stereocenters. The zero-order valence-corrected chi connectivity index (χ0v) is 8.99. The molecule has 1 N–H and O–H groups in total. The molecule has 1 rings (SSSR count). The number of halogens is 2. The Balaban J connectivity index is 2.85. The van der Waals surface area contributed by atoms with Gasteiger partial charge in [0, 0.05) is 18.3 Å². The summed E-state index contributed by atoms with van der Waals surface area (Å²) in [5.41, 5.74) is 0.364. The van der Waals surface area contributed by atoms with Gasteiger partial charge < -0.3 is 10.0 Å². The fraction of sp³-hybridized carbons (Fsp3) is 0.250. The van der Waals surface area contributed by atoms with Gasteiger partial charge in [0.05, 0.1) is 13.0 Å². The molecule has 1 aromatic rings. The summed E-state index contributed by atoms with van der Waals surface area (Å²) >= 11 is 0. The molecule has 0 amide bonds. The van der Waals surface area contributed by atoms with E-state index >= 15 is 0 Å². The van der Waals surface area contributed by atoms with Crippen LogP contribution in [0.5, 0.6) is 0 Å². The maximum Gasteiger partial charge on any atom is 0.305 e. The number of hydrogen-bond acceptors (Lipinski definition) is 2. The number of hydrogen-bond donors (Lipinski definition) is 1. The summed E-state index contributed by atoms with van der Waals surface area (Å²) in [6, 6.07) is 3.33. The van der Waals surface area contributed by atoms with E-state index in [1.165, 1.54) is 11.0 Å². The van der Waals surface area contributed by atoms with Crippen molar-refractivity contribution in [1.82, 2.24) is 0 Å². The van der Waals surface area contributed by atoms with Gasteiger partial charge >= 0.3 is 5.97 Å². The molecule has 0 aliphatic carbocycles. The van der Waals surface area contributed by atoms with Crippen LogP contribution in [-0.2, 0) is 4.79 Å². The summed E-state index contributed by atoms with van der Waals surface area (Å²) in [5, 5.41) is 8.56. The number of carbonyl (C=O) groups is 1. The monoisotopic (exact) mass is 239 g/mol. The van der Waals surface area contributed by atoms with E-state index < -0.39 is 17.6 Å². The van der Waals surface area contributed by atoms with E-state index in [-0.39, 0.29) is 19.5 Å². The van der Waals surface area contributed by atoms with Crippen molar-refractivity contribution in [2.75, 3.05) is 18.0 Å². The highest BCUT2D eigenvalue weighted by atomic mass is 19.2. The molecule has 0 aromatic heterocycles. The van der Waals surface area contributed by atoms with Crippen molar-refractivity contribution in [2.45, 2.75) is 6.42 Å². The Hall–Kier alpha value is -2.09. The van der Waals surface area contributed by atoms with Crippen molar-refractivity contribution in [2.24, 2.45) is 0 Å². The molecule has 1 aromatic carbocycles. The van der Waals surface area contributed by atoms with Crippen LogP contribution in [0.1, 0.15) is 6.42 Å². The number of nitrogens with zero attached hydrogens (tertiary/aromatic N) is 1. The molecule has 0 radical (unpaired) electrons. The molecule has 3 nitrogen and oxygen atoms in total. The van der Waals surface area contributed by atoms with Gasteiger partial charge in [-0.25, -0.2) is 8.78 Å². The third-order valence-corrected chi connectivity index (χ3v) is 2.15. The smallest absolute Gasteiger partial charge is 0.305 e. The van der Waals surface area contributed by atoms with Crippen LogP contribution in [0, 0.1) is 24.0 Å². The molecule has 0 atom stereocenters. The van der Waals surface area contributed by atoms with E-state index in [2.05, 4.69) is 5.92 Å². The number of carboxylic acid groups (broad SMARTS) is 1. The van der Waals surface area contributed by atoms with Crippen molar-refractivity contribution >= 4 is 11.7 Å². The lowest BCUT2D eigenvalue weighted by atomic mass is 10.2. The number of carboxylic acids is 1. The second-order valence-electron chi connectivity index (χ2n) is 3.37. The molecular weight excluding hydrogens is 228 g/mol. The number of benzene rings is 1. The normalized spacial score (nSPS) is 9.71. The number of terminal acetylenes is 1. The Morgan fingerprint density at radius 3 is 2.65 bits per heavy atom. The first-order valence-electron chi connectivity index (χ1n) is 4.90. The van der Waals surface area contributed by atoms with Gasteiger partial charge in [-0.3, -0.25) is 4.79 Å². The maximum atomic E-state index is 13.0. The van der Waals surface area contributed by atoms with Crippen LogP contribution in [0.25, 0.3) is 0 Å². The molecule has 90 valence electrons. The Bertz CT molecular complexity index is 454. The summed E-state index contributed by atoms with van der Waals surface area (Å²) < 4.78 is 25.7. The highest BCUT2D eigenvalue weighted by Gasteiger charge is 2.10. The van der Waals surface area contributed by atoms with Crippen LogP contribution < -0.4 is 4.90 Å². The first-order valence-corrected chi connectivity index (χ1v) is 4.90. The minimum Gasteiger partial charge on any atom is -0.481 e. The fourth-order valence-electron chi connectivity index (χ4n) is 1.32. The molecule has 0 aliphatic heterocycles. The molecule has 0 bridgehead atoms. The molecular formula is C12H11F2NO2. The van der Waals surface area contributed by atoms with Crippen LogP contribution in [0.2, 0.25) is 0 Å². The van der Waals surface area contributed by atoms with Crippen LogP contribution >= 0.6 is 0 Å². The van der Waals surface area contributed by atoms with Crippen LogP contribution in [0.3, 0.4) is 0 Å². The summed E-state index contributed by atoms with van der Waals surface area (Å²) in [5.74, 6) is -0.574. The molecule has 0 saturated carbocycles. The van der Waals surface area contributed by atoms with Crippen LogP contribution in [-0.4, -0.2) is 24.2 Å². The van der Waals surface area contributed by atoms with E-state index in [0.717, 1.165) is 12.1 Å². The predicted octanol–water partition coefficient (Wildman–Crippen LogP) is 1.88. The largest absolute Gasteiger partial charge is 0.481 e. The average Bonchev–Trinajstić information content (AvgIpc) is 2.28. The standard InChI is InChI=1S/C12H11F2NO2/c1-2-6-15(7-5-12(16)17)9-3-4-10(13)11(14)8-9/h1,3-4,8H,5-7H2,(H,16,17). The van der Waals surface area contributed by atoms with Crippen molar-refractivity contribution in [3.63, 3.8) is 0 Å². The summed E-state index contributed by atoms with van der Waals surface area (Å²) in [4.78, 5) is 11.9. The van der Waals surface area contributed by atoms with Gasteiger partial charge in [-0.05, 0) is 12.1 Å². The first kappa shape index (κ1) is 13.0. The molecule has 0 saturated heterocycles. The van der Waals surface area contributed by atoms with Crippen molar-refractivity contribution in [3.8, 4) is 12.3 Å². The van der Waals surface area contributed by atoms with E-state index in [1.54, 1.807) is 0 Å². The Kier molecular flexibility index (Phi) is 4.46. The number of aliphatic carboxylic acids is 1. The second-order valence-corrected chi connectivity index (χ2v) is 3.37. The lowest BCUT2D eigenvalue weighted by Crippen LogP contribution is -2.26. The van der Waals surface area contributed by atoms with Crippen molar-refractivity contribution in [3.05, 3.63) is 29.8 Å².